The van der Waals surface area contributed by atoms with Gasteiger partial charge in [0.15, 0.2) is 0 Å². The number of aryl methyl sites for hydroxylation is 1. The number of halogens is 2. The van der Waals surface area contributed by atoms with Crippen LogP contribution >= 0.6 is 38.9 Å². The number of hydrogen-bond acceptors (Lipinski definition) is 1. The molecule has 0 saturated carbocycles. The summed E-state index contributed by atoms with van der Waals surface area (Å²) in [6.45, 7) is 2.16. The highest BCUT2D eigenvalue weighted by atomic mass is 79.9. The summed E-state index contributed by atoms with van der Waals surface area (Å²) < 4.78 is 1.28. The van der Waals surface area contributed by atoms with Gasteiger partial charge in [-0.15, -0.1) is 11.3 Å². The molecule has 1 heterocycles. The van der Waals surface area contributed by atoms with Gasteiger partial charge in [0.2, 0.25) is 0 Å². The first kappa shape index (κ1) is 10.5. The Balaban J connectivity index is 2.68. The Morgan fingerprint density at radius 2 is 2.21 bits per heavy atom. The Kier molecular flexibility index (Phi) is 3.15. The van der Waals surface area contributed by atoms with Crippen LogP contribution in [0.2, 0.25) is 5.02 Å². The van der Waals surface area contributed by atoms with Crippen LogP contribution in [-0.4, -0.2) is 0 Å². The van der Waals surface area contributed by atoms with E-state index in [1.54, 1.807) is 11.3 Å². The molecule has 0 spiro atoms. The average molecular weight is 290 g/mol. The fourth-order valence-electron chi connectivity index (χ4n) is 1.47. The Morgan fingerprint density at radius 1 is 1.43 bits per heavy atom. The lowest BCUT2D eigenvalue weighted by Gasteiger charge is -1.96. The van der Waals surface area contributed by atoms with Gasteiger partial charge in [0.25, 0.3) is 0 Å². The third-order valence-electron chi connectivity index (χ3n) is 2.29. The van der Waals surface area contributed by atoms with E-state index < -0.39 is 0 Å². The molecule has 0 nitrogen and oxygen atoms in total. The molecule has 0 aliphatic rings. The zero-order valence-corrected chi connectivity index (χ0v) is 11.0. The normalized spacial score (nSPS) is 11.1. The molecule has 74 valence electrons. The van der Waals surface area contributed by atoms with Crippen molar-refractivity contribution in [1.82, 2.24) is 0 Å². The summed E-state index contributed by atoms with van der Waals surface area (Å²) in [5.41, 5.74) is 1.35. The zero-order chi connectivity index (χ0) is 10.1. The van der Waals surface area contributed by atoms with Gasteiger partial charge in [0.05, 0.1) is 5.02 Å². The number of benzene rings is 1. The van der Waals surface area contributed by atoms with Gasteiger partial charge < -0.3 is 0 Å². The minimum Gasteiger partial charge on any atom is -0.138 e. The number of alkyl halides is 1. The van der Waals surface area contributed by atoms with Crippen molar-refractivity contribution in [2.45, 2.75) is 18.7 Å². The van der Waals surface area contributed by atoms with E-state index in [1.807, 2.05) is 0 Å². The number of thiophene rings is 1. The molecule has 1 aromatic heterocycles. The van der Waals surface area contributed by atoms with E-state index in [0.29, 0.717) is 0 Å². The molecule has 0 amide bonds. The topological polar surface area (TPSA) is 0 Å². The second kappa shape index (κ2) is 4.21. The van der Waals surface area contributed by atoms with Crippen molar-refractivity contribution in [2.24, 2.45) is 0 Å². The third-order valence-corrected chi connectivity index (χ3v) is 4.93. The molecular formula is C11H10BrClS. The third kappa shape index (κ3) is 1.71. The number of hydrogen-bond donors (Lipinski definition) is 0. The maximum absolute atomic E-state index is 6.27. The molecule has 3 heteroatoms. The molecule has 2 aromatic rings. The van der Waals surface area contributed by atoms with Gasteiger partial charge in [-0.3, -0.25) is 0 Å². The minimum absolute atomic E-state index is 0.840. The molecule has 0 saturated heterocycles. The largest absolute Gasteiger partial charge is 0.138 e. The van der Waals surface area contributed by atoms with Gasteiger partial charge in [-0.25, -0.2) is 0 Å². The Bertz CT molecular complexity index is 462. The van der Waals surface area contributed by atoms with E-state index in [2.05, 4.69) is 41.1 Å². The molecule has 14 heavy (non-hydrogen) atoms. The zero-order valence-electron chi connectivity index (χ0n) is 7.81. The van der Waals surface area contributed by atoms with Crippen molar-refractivity contribution >= 4 is 49.0 Å². The molecule has 0 fully saturated rings. The summed E-state index contributed by atoms with van der Waals surface area (Å²) in [6.07, 6.45) is 1.06. The molecule has 0 N–H and O–H groups in total. The fraction of sp³-hybridized carbons (Fsp3) is 0.273. The van der Waals surface area contributed by atoms with Gasteiger partial charge >= 0.3 is 0 Å². The lowest BCUT2D eigenvalue weighted by Crippen LogP contribution is -1.77. The van der Waals surface area contributed by atoms with Crippen LogP contribution in [0.25, 0.3) is 10.1 Å². The second-order valence-electron chi connectivity index (χ2n) is 3.16. The maximum atomic E-state index is 6.27. The van der Waals surface area contributed by atoms with Gasteiger partial charge in [-0.05, 0) is 24.1 Å². The molecule has 1 aromatic carbocycles. The van der Waals surface area contributed by atoms with Crippen molar-refractivity contribution in [3.63, 3.8) is 0 Å². The monoisotopic (exact) mass is 288 g/mol. The highest BCUT2D eigenvalue weighted by molar-refractivity contribution is 9.08. The first-order valence-corrected chi connectivity index (χ1v) is 6.83. The van der Waals surface area contributed by atoms with Crippen molar-refractivity contribution in [3.8, 4) is 0 Å². The summed E-state index contributed by atoms with van der Waals surface area (Å²) in [6, 6.07) is 6.53. The Hall–Kier alpha value is -0.0500. The fourth-order valence-corrected chi connectivity index (χ4v) is 3.58. The quantitative estimate of drug-likeness (QED) is 0.682. The Labute approximate surface area is 101 Å². The van der Waals surface area contributed by atoms with Gasteiger partial charge in [-0.1, -0.05) is 40.5 Å². The van der Waals surface area contributed by atoms with Gasteiger partial charge in [0, 0.05) is 20.3 Å². The van der Waals surface area contributed by atoms with Crippen molar-refractivity contribution in [3.05, 3.63) is 33.7 Å². The van der Waals surface area contributed by atoms with Crippen LogP contribution in [0.15, 0.2) is 18.2 Å². The van der Waals surface area contributed by atoms with Crippen LogP contribution in [-0.2, 0) is 11.8 Å². The summed E-state index contributed by atoms with van der Waals surface area (Å²) in [5, 5.41) is 2.95. The lowest BCUT2D eigenvalue weighted by molar-refractivity contribution is 1.15. The first-order valence-electron chi connectivity index (χ1n) is 4.52. The molecular weight excluding hydrogens is 280 g/mol. The summed E-state index contributed by atoms with van der Waals surface area (Å²) >= 11 is 11.5. The molecule has 0 aliphatic carbocycles. The molecule has 0 atom stereocenters. The first-order chi connectivity index (χ1) is 6.76. The predicted molar refractivity (Wildman–Crippen MR) is 68.8 cm³/mol. The van der Waals surface area contributed by atoms with Gasteiger partial charge in [-0.2, -0.15) is 0 Å². The van der Waals surface area contributed by atoms with Gasteiger partial charge in [0.1, 0.15) is 0 Å². The summed E-state index contributed by atoms with van der Waals surface area (Å²) in [7, 11) is 0. The highest BCUT2D eigenvalue weighted by Crippen LogP contribution is 2.36. The minimum atomic E-state index is 0.840. The van der Waals surface area contributed by atoms with Crippen LogP contribution in [0, 0.1) is 0 Å². The van der Waals surface area contributed by atoms with Crippen molar-refractivity contribution < 1.29 is 0 Å². The molecule has 0 radical (unpaired) electrons. The standard InChI is InChI=1S/C11H10BrClS/c1-2-7-3-4-9-8(5-7)11(13)10(6-12)14-9/h3-5H,2,6H2,1H3. The van der Waals surface area contributed by atoms with E-state index in [1.165, 1.54) is 20.5 Å². The molecule has 0 unspecified atom stereocenters. The van der Waals surface area contributed by atoms with E-state index in [-0.39, 0.29) is 0 Å². The van der Waals surface area contributed by atoms with Crippen LogP contribution < -0.4 is 0 Å². The SMILES string of the molecule is CCc1ccc2sc(CBr)c(Cl)c2c1. The smallest absolute Gasteiger partial charge is 0.0632 e. The molecule has 0 aliphatic heterocycles. The summed E-state index contributed by atoms with van der Waals surface area (Å²) in [5.74, 6) is 0. The van der Waals surface area contributed by atoms with Crippen LogP contribution in [0.4, 0.5) is 0 Å². The second-order valence-corrected chi connectivity index (χ2v) is 5.23. The Morgan fingerprint density at radius 3 is 2.86 bits per heavy atom. The maximum Gasteiger partial charge on any atom is 0.0632 e. The van der Waals surface area contributed by atoms with Crippen LogP contribution in [0.1, 0.15) is 17.4 Å². The molecule has 2 rings (SSSR count). The van der Waals surface area contributed by atoms with E-state index >= 15 is 0 Å². The predicted octanol–water partition coefficient (Wildman–Crippen LogP) is 5.01. The average Bonchev–Trinajstić information content (AvgIpc) is 2.55. The van der Waals surface area contributed by atoms with E-state index in [4.69, 9.17) is 11.6 Å². The van der Waals surface area contributed by atoms with E-state index in [9.17, 15) is 0 Å². The van der Waals surface area contributed by atoms with Crippen LogP contribution in [0.3, 0.4) is 0 Å². The van der Waals surface area contributed by atoms with Crippen molar-refractivity contribution in [2.75, 3.05) is 0 Å². The van der Waals surface area contributed by atoms with Crippen LogP contribution in [0.5, 0.6) is 0 Å². The lowest BCUT2D eigenvalue weighted by atomic mass is 10.1. The van der Waals surface area contributed by atoms with Crippen molar-refractivity contribution in [1.29, 1.82) is 0 Å². The highest BCUT2D eigenvalue weighted by Gasteiger charge is 2.08. The van der Waals surface area contributed by atoms with E-state index in [0.717, 1.165) is 16.8 Å². The summed E-state index contributed by atoms with van der Waals surface area (Å²) in [4.78, 5) is 1.22. The number of fused-ring (bicyclic) bond motifs is 1. The number of rotatable bonds is 2. The molecule has 0 bridgehead atoms.